The molecule has 0 amide bonds. The van der Waals surface area contributed by atoms with E-state index in [2.05, 4.69) is 14.1 Å². The summed E-state index contributed by atoms with van der Waals surface area (Å²) >= 11 is 0. The number of hydrogen-bond acceptors (Lipinski definition) is 13. The van der Waals surface area contributed by atoms with Crippen molar-refractivity contribution in [1.82, 2.24) is 0 Å². The number of aliphatic hydroxyl groups is 5. The molecule has 5 N–H and O–H groups in total. The van der Waals surface area contributed by atoms with Crippen LogP contribution in [0, 0.1) is 0 Å². The molecule has 0 saturated carbocycles. The van der Waals surface area contributed by atoms with Gasteiger partial charge in [0.2, 0.25) is 0 Å². The molecular formula is C52H68N2O13+2. The van der Waals surface area contributed by atoms with Crippen LogP contribution in [0.4, 0.5) is 0 Å². The van der Waals surface area contributed by atoms with E-state index in [1.54, 1.807) is 28.4 Å². The zero-order valence-corrected chi connectivity index (χ0v) is 39.7. The Balaban J connectivity index is 1.07. The Kier molecular flexibility index (Phi) is 17.5. The van der Waals surface area contributed by atoms with E-state index in [9.17, 15) is 35.1 Å². The van der Waals surface area contributed by atoms with E-state index in [0.717, 1.165) is 71.5 Å². The van der Waals surface area contributed by atoms with Crippen LogP contribution in [0.3, 0.4) is 0 Å². The number of aliphatic hydroxyl groups excluding tert-OH is 5. The van der Waals surface area contributed by atoms with Gasteiger partial charge in [0.05, 0.1) is 115 Å². The topological polar surface area (TPSA) is 191 Å². The lowest BCUT2D eigenvalue weighted by Gasteiger charge is -2.46. The Hall–Kier alpha value is -5.52. The van der Waals surface area contributed by atoms with Crippen molar-refractivity contribution in [2.45, 2.75) is 77.2 Å². The van der Waals surface area contributed by atoms with Crippen molar-refractivity contribution in [3.63, 3.8) is 0 Å². The molecule has 4 atom stereocenters. The highest BCUT2D eigenvalue weighted by atomic mass is 16.5. The van der Waals surface area contributed by atoms with Gasteiger partial charge in [-0.05, 0) is 69.3 Å². The summed E-state index contributed by atoms with van der Waals surface area (Å²) in [6.45, 7) is 2.15. The lowest BCUT2D eigenvalue weighted by atomic mass is 9.83. The molecule has 2 aliphatic rings. The molecule has 0 fully saturated rings. The fraction of sp³-hybridized carbons (Fsp3) is 0.462. The highest BCUT2D eigenvalue weighted by Gasteiger charge is 2.42. The van der Waals surface area contributed by atoms with E-state index in [-0.39, 0.29) is 58.3 Å². The average Bonchev–Trinajstić information content (AvgIpc) is 3.35. The Morgan fingerprint density at radius 3 is 1.70 bits per heavy atom. The molecule has 15 nitrogen and oxygen atoms in total. The van der Waals surface area contributed by atoms with Gasteiger partial charge in [-0.25, -0.2) is 9.59 Å². The van der Waals surface area contributed by atoms with E-state index in [4.69, 9.17) is 28.4 Å². The first kappa shape index (κ1) is 50.9. The van der Waals surface area contributed by atoms with Crippen molar-refractivity contribution in [3.8, 4) is 23.0 Å². The summed E-state index contributed by atoms with van der Waals surface area (Å²) in [4.78, 5) is 25.6. The molecule has 0 saturated heterocycles. The molecule has 0 radical (unpaired) electrons. The monoisotopic (exact) mass is 928 g/mol. The van der Waals surface area contributed by atoms with Crippen LogP contribution in [-0.4, -0.2) is 128 Å². The first-order valence-electron chi connectivity index (χ1n) is 22.8. The van der Waals surface area contributed by atoms with Crippen molar-refractivity contribution in [2.75, 3.05) is 81.9 Å². The van der Waals surface area contributed by atoms with Crippen LogP contribution >= 0.6 is 0 Å². The lowest BCUT2D eigenvalue weighted by Crippen LogP contribution is -2.52. The van der Waals surface area contributed by atoms with Crippen molar-refractivity contribution in [3.05, 3.63) is 128 Å². The highest BCUT2D eigenvalue weighted by Crippen LogP contribution is 2.47. The van der Waals surface area contributed by atoms with Gasteiger partial charge in [0.25, 0.3) is 0 Å². The second-order valence-electron chi connectivity index (χ2n) is 17.9. The van der Waals surface area contributed by atoms with Gasteiger partial charge in [-0.15, -0.1) is 0 Å². The maximum Gasteiger partial charge on any atom is 0.331 e. The molecule has 0 bridgehead atoms. The van der Waals surface area contributed by atoms with Gasteiger partial charge in [-0.1, -0.05) is 24.3 Å². The fourth-order valence-corrected chi connectivity index (χ4v) is 10.2. The van der Waals surface area contributed by atoms with Gasteiger partial charge in [-0.3, -0.25) is 0 Å². The molecular weight excluding hydrogens is 861 g/mol. The SMILES string of the molecule is COc1cc2c(cc1OC)[C@@H](c1cc(CO)c(OC)c(OC)c1)[N@+](C)(CCCOC(=O)C=CC(=O)OCCC[N@+]1(C)CCc3cc(CO)c(CO)cc3[C@H]1Cc1ccc(CO)c(CO)c1)CC2. The molecule has 4 aromatic rings. The number of carbonyl (C=O) groups is 2. The Bertz CT molecular complexity index is 2380. The van der Waals surface area contributed by atoms with Gasteiger partial charge < -0.3 is 62.9 Å². The van der Waals surface area contributed by atoms with Crippen LogP contribution in [0.2, 0.25) is 0 Å². The molecule has 0 spiro atoms. The lowest BCUT2D eigenvalue weighted by molar-refractivity contribution is -0.941. The van der Waals surface area contributed by atoms with Crippen LogP contribution in [-0.2, 0) is 71.4 Å². The van der Waals surface area contributed by atoms with E-state index in [1.165, 1.54) is 0 Å². The number of quaternary nitrogens is 2. The van der Waals surface area contributed by atoms with E-state index in [1.807, 2.05) is 54.6 Å². The van der Waals surface area contributed by atoms with Crippen LogP contribution in [0.15, 0.2) is 66.7 Å². The third-order valence-electron chi connectivity index (χ3n) is 13.8. The molecule has 4 aromatic carbocycles. The van der Waals surface area contributed by atoms with Gasteiger partial charge in [-0.2, -0.15) is 0 Å². The third kappa shape index (κ3) is 11.4. The number of esters is 2. The Morgan fingerprint density at radius 2 is 1.12 bits per heavy atom. The maximum absolute atomic E-state index is 12.8. The number of benzene rings is 4. The second-order valence-corrected chi connectivity index (χ2v) is 17.9. The number of ether oxygens (including phenoxy) is 6. The molecule has 0 unspecified atom stereocenters. The smallest absolute Gasteiger partial charge is 0.331 e. The number of methoxy groups -OCH3 is 4. The zero-order valence-electron chi connectivity index (χ0n) is 39.7. The summed E-state index contributed by atoms with van der Waals surface area (Å²) in [5.74, 6) is 0.923. The van der Waals surface area contributed by atoms with Crippen LogP contribution in [0.5, 0.6) is 23.0 Å². The summed E-state index contributed by atoms with van der Waals surface area (Å²) in [7, 11) is 10.7. The van der Waals surface area contributed by atoms with Crippen LogP contribution in [0.25, 0.3) is 0 Å². The summed E-state index contributed by atoms with van der Waals surface area (Å²) in [5, 5.41) is 50.3. The summed E-state index contributed by atoms with van der Waals surface area (Å²) in [6, 6.07) is 17.4. The first-order valence-corrected chi connectivity index (χ1v) is 22.8. The standard InChI is InChI=1S/C52H68N2O13/c1-53(17-13-35-23-40(31-57)41(32-58)25-43(35)45(53)22-34-9-10-37(29-55)39(21-34)30-56)15-7-19-66-49(60)11-12-50(61)67-20-8-16-54(2)18-14-36-26-46(62-3)47(63-4)28-44(36)51(54)38-24-42(33-59)52(65-6)48(27-38)64-5/h9-12,21,23-28,45,51,55-59H,7-8,13-20,22,29-33H2,1-6H3/q+2/t45-,51-,53-,54-/m1/s1. The minimum absolute atomic E-state index is 0.0439. The van der Waals surface area contributed by atoms with Crippen molar-refractivity contribution >= 4 is 11.9 Å². The molecule has 0 aliphatic carbocycles. The third-order valence-corrected chi connectivity index (χ3v) is 13.8. The Morgan fingerprint density at radius 1 is 0.582 bits per heavy atom. The summed E-state index contributed by atoms with van der Waals surface area (Å²) in [5.41, 5.74) is 9.61. The predicted molar refractivity (Wildman–Crippen MR) is 249 cm³/mol. The number of likely N-dealkylation sites (N-methyl/N-ethyl adjacent to an activating group) is 2. The zero-order chi connectivity index (χ0) is 48.3. The van der Waals surface area contributed by atoms with Crippen molar-refractivity contribution in [1.29, 1.82) is 0 Å². The molecule has 6 rings (SSSR count). The summed E-state index contributed by atoms with van der Waals surface area (Å²) in [6.07, 6.45) is 5.41. The predicted octanol–water partition coefficient (Wildman–Crippen LogP) is 4.68. The van der Waals surface area contributed by atoms with Gasteiger partial charge in [0, 0.05) is 66.5 Å². The van der Waals surface area contributed by atoms with Crippen molar-refractivity contribution < 1.29 is 72.5 Å². The number of carbonyl (C=O) groups excluding carboxylic acids is 2. The quantitative estimate of drug-likeness (QED) is 0.0317. The number of nitrogens with zero attached hydrogens (tertiary/aromatic N) is 2. The number of rotatable bonds is 22. The minimum Gasteiger partial charge on any atom is -0.493 e. The highest BCUT2D eigenvalue weighted by molar-refractivity contribution is 5.91. The molecule has 2 aliphatic heterocycles. The fourth-order valence-electron chi connectivity index (χ4n) is 10.2. The minimum atomic E-state index is -0.652. The van der Waals surface area contributed by atoms with Crippen LogP contribution in [0.1, 0.15) is 86.1 Å². The van der Waals surface area contributed by atoms with Gasteiger partial charge in [0.1, 0.15) is 12.1 Å². The Labute approximate surface area is 393 Å². The largest absolute Gasteiger partial charge is 0.493 e. The van der Waals surface area contributed by atoms with Crippen molar-refractivity contribution in [2.24, 2.45) is 0 Å². The van der Waals surface area contributed by atoms with E-state index < -0.39 is 11.9 Å². The molecule has 0 aromatic heterocycles. The normalized spacial score (nSPS) is 19.9. The molecule has 362 valence electrons. The van der Waals surface area contributed by atoms with E-state index in [0.29, 0.717) is 92.1 Å². The maximum atomic E-state index is 12.8. The number of hydrogen-bond donors (Lipinski definition) is 5. The molecule has 67 heavy (non-hydrogen) atoms. The summed E-state index contributed by atoms with van der Waals surface area (Å²) < 4.78 is 35.0. The molecule has 15 heteroatoms. The van der Waals surface area contributed by atoms with Gasteiger partial charge >= 0.3 is 11.9 Å². The van der Waals surface area contributed by atoms with Gasteiger partial charge in [0.15, 0.2) is 23.0 Å². The first-order chi connectivity index (χ1) is 32.3. The average molecular weight is 929 g/mol. The van der Waals surface area contributed by atoms with Crippen LogP contribution < -0.4 is 18.9 Å². The molecule has 2 heterocycles. The second kappa shape index (κ2) is 23.0. The number of fused-ring (bicyclic) bond motifs is 2. The van der Waals surface area contributed by atoms with E-state index >= 15 is 0 Å².